The molecule has 18 heavy (non-hydrogen) atoms. The fourth-order valence-corrected chi connectivity index (χ4v) is 3.78. The second kappa shape index (κ2) is 4.10. The lowest BCUT2D eigenvalue weighted by molar-refractivity contribution is -0.119. The summed E-state index contributed by atoms with van der Waals surface area (Å²) in [6.07, 6.45) is 1.37. The highest BCUT2D eigenvalue weighted by molar-refractivity contribution is 5.68. The van der Waals surface area contributed by atoms with Gasteiger partial charge in [-0.3, -0.25) is 0 Å². The van der Waals surface area contributed by atoms with Gasteiger partial charge in [0.2, 0.25) is 0 Å². The average Bonchev–Trinajstić information content (AvgIpc) is 2.73. The van der Waals surface area contributed by atoms with Crippen LogP contribution in [0, 0.1) is 11.3 Å². The molecule has 5 nitrogen and oxygen atoms in total. The Balaban J connectivity index is 1.52. The van der Waals surface area contributed by atoms with Crippen LogP contribution in [0.3, 0.4) is 0 Å². The maximum Gasteiger partial charge on any atom is 0.409 e. The third-order valence-corrected chi connectivity index (χ3v) is 4.83. The monoisotopic (exact) mass is 254 g/mol. The lowest BCUT2D eigenvalue weighted by Crippen LogP contribution is -2.72. The molecule has 3 rings (SSSR count). The van der Waals surface area contributed by atoms with Crippen molar-refractivity contribution in [3.63, 3.8) is 0 Å². The van der Waals surface area contributed by atoms with Gasteiger partial charge in [-0.15, -0.1) is 0 Å². The fourth-order valence-electron chi connectivity index (χ4n) is 3.78. The molecule has 3 atom stereocenters. The Bertz CT molecular complexity index is 352. The van der Waals surface area contributed by atoms with E-state index in [9.17, 15) is 4.79 Å². The molecular formula is C13H22N2O3. The molecule has 0 aromatic rings. The minimum Gasteiger partial charge on any atom is -0.453 e. The molecule has 102 valence electrons. The van der Waals surface area contributed by atoms with Gasteiger partial charge in [0, 0.05) is 43.1 Å². The normalized spacial score (nSPS) is 37.7. The molecule has 0 unspecified atom stereocenters. The Kier molecular flexibility index (Phi) is 2.79. The maximum absolute atomic E-state index is 11.3. The number of fused-ring (bicyclic) bond motifs is 1. The van der Waals surface area contributed by atoms with Crippen LogP contribution in [0.5, 0.6) is 0 Å². The van der Waals surface area contributed by atoms with Gasteiger partial charge >= 0.3 is 6.09 Å². The number of carbonyl (C=O) groups excluding carboxylic acids is 1. The van der Waals surface area contributed by atoms with E-state index in [1.165, 1.54) is 13.5 Å². The number of carbonyl (C=O) groups is 1. The molecule has 0 aromatic carbocycles. The predicted molar refractivity (Wildman–Crippen MR) is 66.3 cm³/mol. The first-order valence-electron chi connectivity index (χ1n) is 6.74. The smallest absolute Gasteiger partial charge is 0.409 e. The molecule has 3 aliphatic rings. The van der Waals surface area contributed by atoms with Gasteiger partial charge in [-0.05, 0) is 6.42 Å². The third kappa shape index (κ3) is 1.64. The number of nitrogens with one attached hydrogen (secondary N) is 1. The second-order valence-corrected chi connectivity index (χ2v) is 6.28. The van der Waals surface area contributed by atoms with E-state index in [-0.39, 0.29) is 11.5 Å². The van der Waals surface area contributed by atoms with Crippen LogP contribution in [0.4, 0.5) is 4.79 Å². The number of amides is 1. The van der Waals surface area contributed by atoms with Crippen molar-refractivity contribution in [2.75, 3.05) is 26.8 Å². The van der Waals surface area contributed by atoms with Crippen LogP contribution < -0.4 is 5.32 Å². The molecule has 1 amide bonds. The second-order valence-electron chi connectivity index (χ2n) is 6.28. The highest BCUT2D eigenvalue weighted by Gasteiger charge is 2.59. The van der Waals surface area contributed by atoms with Gasteiger partial charge in [0.15, 0.2) is 0 Å². The van der Waals surface area contributed by atoms with E-state index in [1.807, 2.05) is 0 Å². The molecule has 3 fully saturated rings. The van der Waals surface area contributed by atoms with Crippen molar-refractivity contribution >= 4 is 6.09 Å². The molecule has 0 aromatic heterocycles. The van der Waals surface area contributed by atoms with Crippen molar-refractivity contribution < 1.29 is 14.3 Å². The van der Waals surface area contributed by atoms with E-state index in [4.69, 9.17) is 9.47 Å². The van der Waals surface area contributed by atoms with E-state index in [1.54, 1.807) is 4.90 Å². The summed E-state index contributed by atoms with van der Waals surface area (Å²) in [4.78, 5) is 13.0. The first kappa shape index (κ1) is 12.2. The van der Waals surface area contributed by atoms with Crippen molar-refractivity contribution in [2.45, 2.75) is 38.5 Å². The van der Waals surface area contributed by atoms with Crippen molar-refractivity contribution in [1.29, 1.82) is 0 Å². The van der Waals surface area contributed by atoms with Gasteiger partial charge in [-0.2, -0.15) is 0 Å². The molecule has 5 heteroatoms. The third-order valence-electron chi connectivity index (χ3n) is 4.83. The molecule has 0 bridgehead atoms. The number of likely N-dealkylation sites (tertiary alicyclic amines) is 1. The summed E-state index contributed by atoms with van der Waals surface area (Å²) < 4.78 is 10.5. The fraction of sp³-hybridized carbons (Fsp3) is 0.923. The summed E-state index contributed by atoms with van der Waals surface area (Å²) in [5.41, 5.74) is 0.215. The van der Waals surface area contributed by atoms with Crippen LogP contribution in [0.25, 0.3) is 0 Å². The number of rotatable bonds is 2. The van der Waals surface area contributed by atoms with E-state index in [2.05, 4.69) is 19.2 Å². The summed E-state index contributed by atoms with van der Waals surface area (Å²) in [6.45, 7) is 6.96. The lowest BCUT2D eigenvalue weighted by Gasteiger charge is -2.57. The first-order valence-corrected chi connectivity index (χ1v) is 6.74. The molecule has 2 heterocycles. The molecular weight excluding hydrogens is 232 g/mol. The van der Waals surface area contributed by atoms with Crippen molar-refractivity contribution in [2.24, 2.45) is 11.3 Å². The zero-order valence-electron chi connectivity index (χ0n) is 11.3. The van der Waals surface area contributed by atoms with Crippen molar-refractivity contribution in [3.8, 4) is 0 Å². The van der Waals surface area contributed by atoms with Gasteiger partial charge in [-0.1, -0.05) is 13.8 Å². The highest BCUT2D eigenvalue weighted by atomic mass is 16.5. The average molecular weight is 254 g/mol. The van der Waals surface area contributed by atoms with Crippen LogP contribution in [-0.4, -0.2) is 56.0 Å². The van der Waals surface area contributed by atoms with Crippen LogP contribution in [-0.2, 0) is 9.47 Å². The van der Waals surface area contributed by atoms with Crippen LogP contribution in [0.2, 0.25) is 0 Å². The molecule has 2 aliphatic heterocycles. The van der Waals surface area contributed by atoms with E-state index < -0.39 is 0 Å². The van der Waals surface area contributed by atoms with Crippen LogP contribution >= 0.6 is 0 Å². The quantitative estimate of drug-likeness (QED) is 0.793. The van der Waals surface area contributed by atoms with Crippen molar-refractivity contribution in [1.82, 2.24) is 10.2 Å². The van der Waals surface area contributed by atoms with E-state index >= 15 is 0 Å². The predicted octanol–water partition coefficient (Wildman–Crippen LogP) is 0.840. The van der Waals surface area contributed by atoms with Gasteiger partial charge in [0.25, 0.3) is 0 Å². The Hall–Kier alpha value is -0.810. The van der Waals surface area contributed by atoms with Gasteiger partial charge < -0.3 is 19.7 Å². The van der Waals surface area contributed by atoms with Gasteiger partial charge in [0.1, 0.15) is 0 Å². The number of methoxy groups -OCH3 is 1. The first-order chi connectivity index (χ1) is 8.54. The molecule has 1 saturated carbocycles. The summed E-state index contributed by atoms with van der Waals surface area (Å²) in [5, 5.41) is 3.69. The molecule has 2 saturated heterocycles. The highest BCUT2D eigenvalue weighted by Crippen LogP contribution is 2.52. The largest absolute Gasteiger partial charge is 0.453 e. The van der Waals surface area contributed by atoms with Gasteiger partial charge in [-0.25, -0.2) is 4.79 Å². The SMILES string of the molecule is COC(=O)N1CC(N[C@@H]2[C@H]3CCO[C@H]3C2(C)C)C1. The molecule has 1 aliphatic carbocycles. The summed E-state index contributed by atoms with van der Waals surface area (Å²) in [5.74, 6) is 0.659. The van der Waals surface area contributed by atoms with Crippen LogP contribution in [0.15, 0.2) is 0 Å². The van der Waals surface area contributed by atoms with Crippen LogP contribution in [0.1, 0.15) is 20.3 Å². The number of ether oxygens (including phenoxy) is 2. The number of hydrogen-bond acceptors (Lipinski definition) is 4. The molecule has 1 N–H and O–H groups in total. The summed E-state index contributed by atoms with van der Waals surface area (Å²) >= 11 is 0. The zero-order valence-corrected chi connectivity index (χ0v) is 11.3. The van der Waals surface area contributed by atoms with Gasteiger partial charge in [0.05, 0.1) is 13.2 Å². The van der Waals surface area contributed by atoms with E-state index in [0.717, 1.165) is 19.7 Å². The Morgan fingerprint density at radius 2 is 2.17 bits per heavy atom. The maximum atomic E-state index is 11.3. The minimum atomic E-state index is -0.219. The number of nitrogens with zero attached hydrogens (tertiary/aromatic N) is 1. The lowest BCUT2D eigenvalue weighted by atomic mass is 9.57. The summed E-state index contributed by atoms with van der Waals surface area (Å²) in [7, 11) is 1.43. The Morgan fingerprint density at radius 3 is 2.83 bits per heavy atom. The standard InChI is InChI=1S/C13H22N2O3/c1-13(2)10(9-4-5-18-11(9)13)14-8-6-15(7-8)12(16)17-3/h8-11,14H,4-7H2,1-3H3/t9-,10-,11-/m1/s1. The summed E-state index contributed by atoms with van der Waals surface area (Å²) in [6, 6.07) is 0.935. The van der Waals surface area contributed by atoms with Crippen molar-refractivity contribution in [3.05, 3.63) is 0 Å². The zero-order chi connectivity index (χ0) is 12.9. The minimum absolute atomic E-state index is 0.215. The topological polar surface area (TPSA) is 50.8 Å². The number of hydrogen-bond donors (Lipinski definition) is 1. The molecule has 0 spiro atoms. The molecule has 0 radical (unpaired) electrons. The van der Waals surface area contributed by atoms with E-state index in [0.29, 0.717) is 24.1 Å². The Labute approximate surface area is 108 Å². The Morgan fingerprint density at radius 1 is 1.44 bits per heavy atom.